The van der Waals surface area contributed by atoms with Crippen molar-refractivity contribution in [2.24, 2.45) is 5.92 Å². The smallest absolute Gasteiger partial charge is 0.310 e. The summed E-state index contributed by atoms with van der Waals surface area (Å²) in [4.78, 5) is 24.8. The lowest BCUT2D eigenvalue weighted by Gasteiger charge is -2.23. The average Bonchev–Trinajstić information content (AvgIpc) is 3.05. The van der Waals surface area contributed by atoms with Crippen molar-refractivity contribution in [2.75, 3.05) is 0 Å². The van der Waals surface area contributed by atoms with Gasteiger partial charge in [0.05, 0.1) is 12.0 Å². The summed E-state index contributed by atoms with van der Waals surface area (Å²) >= 11 is 0. The van der Waals surface area contributed by atoms with Gasteiger partial charge in [-0.15, -0.1) is 0 Å². The van der Waals surface area contributed by atoms with Gasteiger partial charge in [0.15, 0.2) is 0 Å². The van der Waals surface area contributed by atoms with Gasteiger partial charge in [-0.1, -0.05) is 192 Å². The molecular weight excluding hydrogens is 568 g/mol. The van der Waals surface area contributed by atoms with Gasteiger partial charge in [-0.3, -0.25) is 9.59 Å². The molecule has 0 saturated carbocycles. The van der Waals surface area contributed by atoms with Crippen LogP contribution < -0.4 is 0 Å². The van der Waals surface area contributed by atoms with Gasteiger partial charge in [0.1, 0.15) is 0 Å². The molecule has 0 aromatic heterocycles. The van der Waals surface area contributed by atoms with E-state index < -0.39 is 11.9 Å². The van der Waals surface area contributed by atoms with Crippen LogP contribution in [0.2, 0.25) is 0 Å². The van der Waals surface area contributed by atoms with Crippen molar-refractivity contribution in [3.05, 3.63) is 35.9 Å². The van der Waals surface area contributed by atoms with Crippen LogP contribution in [0.25, 0.3) is 0 Å². The Hall–Kier alpha value is -1.84. The molecule has 1 rings (SSSR count). The van der Waals surface area contributed by atoms with Crippen molar-refractivity contribution in [3.8, 4) is 0 Å². The van der Waals surface area contributed by atoms with Crippen LogP contribution in [0.1, 0.15) is 212 Å². The Morgan fingerprint density at radius 2 is 1.02 bits per heavy atom. The van der Waals surface area contributed by atoms with Crippen molar-refractivity contribution in [3.63, 3.8) is 0 Å². The standard InChI is InChI=1S/C42H74O4/c1-4-6-8-10-12-14-16-17-18-20-22-24-29-33-41(43)46-37(3)34-35-38(30-26-23-21-19-15-13-11-9-7-5-2)36-40(42(44)45)39-31-27-25-28-32-39/h25,27-28,31-32,37-38,40H,4-24,26,29-30,33-36H2,1-3H3,(H,44,45). The summed E-state index contributed by atoms with van der Waals surface area (Å²) in [6.07, 6.45) is 33.7. The molecule has 1 aromatic rings. The van der Waals surface area contributed by atoms with E-state index in [1.165, 1.54) is 128 Å². The number of benzene rings is 1. The first-order valence-electron chi connectivity index (χ1n) is 19.9. The van der Waals surface area contributed by atoms with E-state index in [9.17, 15) is 14.7 Å². The second-order valence-electron chi connectivity index (χ2n) is 14.2. The van der Waals surface area contributed by atoms with Crippen LogP contribution in [0.4, 0.5) is 0 Å². The first-order valence-corrected chi connectivity index (χ1v) is 19.9. The summed E-state index contributed by atoms with van der Waals surface area (Å²) < 4.78 is 5.79. The second kappa shape index (κ2) is 30.5. The Balaban J connectivity index is 2.33. The number of ether oxygens (including phenoxy) is 1. The zero-order valence-corrected chi connectivity index (χ0v) is 30.6. The Labute approximate surface area is 285 Å². The van der Waals surface area contributed by atoms with Crippen LogP contribution in [0.5, 0.6) is 0 Å². The summed E-state index contributed by atoms with van der Waals surface area (Å²) in [6, 6.07) is 9.69. The highest BCUT2D eigenvalue weighted by atomic mass is 16.5. The minimum Gasteiger partial charge on any atom is -0.481 e. The highest BCUT2D eigenvalue weighted by molar-refractivity contribution is 5.76. The first kappa shape index (κ1) is 42.2. The lowest BCUT2D eigenvalue weighted by Crippen LogP contribution is -2.19. The van der Waals surface area contributed by atoms with Gasteiger partial charge in [0, 0.05) is 6.42 Å². The Morgan fingerprint density at radius 3 is 1.48 bits per heavy atom. The van der Waals surface area contributed by atoms with Crippen LogP contribution in [0.3, 0.4) is 0 Å². The minimum absolute atomic E-state index is 0.0745. The molecule has 3 unspecified atom stereocenters. The van der Waals surface area contributed by atoms with Gasteiger partial charge < -0.3 is 9.84 Å². The van der Waals surface area contributed by atoms with E-state index >= 15 is 0 Å². The Kier molecular flexibility index (Phi) is 28.0. The fourth-order valence-corrected chi connectivity index (χ4v) is 6.80. The van der Waals surface area contributed by atoms with E-state index in [1.807, 2.05) is 37.3 Å². The predicted molar refractivity (Wildman–Crippen MR) is 196 cm³/mol. The molecule has 0 aliphatic carbocycles. The van der Waals surface area contributed by atoms with Crippen molar-refractivity contribution in [1.82, 2.24) is 0 Å². The maximum absolute atomic E-state index is 12.5. The molecule has 0 radical (unpaired) electrons. The molecule has 266 valence electrons. The van der Waals surface area contributed by atoms with Crippen molar-refractivity contribution in [1.29, 1.82) is 0 Å². The molecule has 0 fully saturated rings. The molecule has 0 aliphatic heterocycles. The molecule has 46 heavy (non-hydrogen) atoms. The summed E-state index contributed by atoms with van der Waals surface area (Å²) in [5, 5.41) is 10.1. The molecule has 0 amide bonds. The highest BCUT2D eigenvalue weighted by Gasteiger charge is 2.25. The monoisotopic (exact) mass is 643 g/mol. The Bertz CT molecular complexity index is 822. The van der Waals surface area contributed by atoms with E-state index in [-0.39, 0.29) is 12.1 Å². The number of esters is 1. The topological polar surface area (TPSA) is 63.6 Å². The fraction of sp³-hybridized carbons (Fsp3) is 0.810. The summed E-state index contributed by atoms with van der Waals surface area (Å²) in [5.74, 6) is -0.980. The van der Waals surface area contributed by atoms with Gasteiger partial charge >= 0.3 is 11.9 Å². The van der Waals surface area contributed by atoms with Gasteiger partial charge in [-0.25, -0.2) is 0 Å². The molecule has 4 heteroatoms. The maximum atomic E-state index is 12.5. The van der Waals surface area contributed by atoms with Gasteiger partial charge in [0.25, 0.3) is 0 Å². The molecule has 4 nitrogen and oxygen atoms in total. The summed E-state index contributed by atoms with van der Waals surface area (Å²) in [7, 11) is 0. The molecule has 3 atom stereocenters. The van der Waals surface area contributed by atoms with Crippen LogP contribution >= 0.6 is 0 Å². The molecule has 1 N–H and O–H groups in total. The van der Waals surface area contributed by atoms with Gasteiger partial charge in [-0.05, 0) is 44.1 Å². The molecule has 0 heterocycles. The number of hydrogen-bond acceptors (Lipinski definition) is 3. The number of aliphatic carboxylic acids is 1. The molecule has 1 aromatic carbocycles. The minimum atomic E-state index is -0.739. The van der Waals surface area contributed by atoms with E-state index in [1.54, 1.807) is 0 Å². The highest BCUT2D eigenvalue weighted by Crippen LogP contribution is 2.31. The van der Waals surface area contributed by atoms with Crippen LogP contribution in [0, 0.1) is 5.92 Å². The predicted octanol–water partition coefficient (Wildman–Crippen LogP) is 13.4. The number of unbranched alkanes of at least 4 members (excludes halogenated alkanes) is 21. The number of carboxylic acids is 1. The largest absolute Gasteiger partial charge is 0.481 e. The molecule has 0 aliphatic rings. The zero-order valence-electron chi connectivity index (χ0n) is 30.6. The molecular formula is C42H74O4. The number of carbonyl (C=O) groups excluding carboxylic acids is 1. The first-order chi connectivity index (χ1) is 22.5. The zero-order chi connectivity index (χ0) is 33.5. The second-order valence-corrected chi connectivity index (χ2v) is 14.2. The van der Waals surface area contributed by atoms with E-state index in [0.717, 1.165) is 44.1 Å². The number of carbonyl (C=O) groups is 2. The fourth-order valence-electron chi connectivity index (χ4n) is 6.80. The number of rotatable bonds is 33. The van der Waals surface area contributed by atoms with E-state index in [2.05, 4.69) is 13.8 Å². The van der Waals surface area contributed by atoms with Crippen molar-refractivity contribution in [2.45, 2.75) is 213 Å². The third kappa shape index (κ3) is 24.3. The van der Waals surface area contributed by atoms with Gasteiger partial charge in [0.2, 0.25) is 0 Å². The van der Waals surface area contributed by atoms with Crippen molar-refractivity contribution >= 4 is 11.9 Å². The quantitative estimate of drug-likeness (QED) is 0.0612. The average molecular weight is 643 g/mol. The van der Waals surface area contributed by atoms with Crippen LogP contribution in [0.15, 0.2) is 30.3 Å². The van der Waals surface area contributed by atoms with Crippen molar-refractivity contribution < 1.29 is 19.4 Å². The third-order valence-electron chi connectivity index (χ3n) is 9.83. The third-order valence-corrected chi connectivity index (χ3v) is 9.83. The lowest BCUT2D eigenvalue weighted by molar-refractivity contribution is -0.148. The van der Waals surface area contributed by atoms with Crippen LogP contribution in [-0.2, 0) is 14.3 Å². The lowest BCUT2D eigenvalue weighted by atomic mass is 9.83. The maximum Gasteiger partial charge on any atom is 0.310 e. The normalized spacial score (nSPS) is 13.4. The SMILES string of the molecule is CCCCCCCCCCCCCCCC(=O)OC(C)CCC(CCCCCCCCCCCC)CC(C(=O)O)c1ccccc1. The van der Waals surface area contributed by atoms with Crippen LogP contribution in [-0.4, -0.2) is 23.1 Å². The summed E-state index contributed by atoms with van der Waals surface area (Å²) in [5.41, 5.74) is 0.889. The van der Waals surface area contributed by atoms with E-state index in [4.69, 9.17) is 4.74 Å². The molecule has 0 saturated heterocycles. The van der Waals surface area contributed by atoms with Gasteiger partial charge in [-0.2, -0.15) is 0 Å². The summed E-state index contributed by atoms with van der Waals surface area (Å²) in [6.45, 7) is 6.54. The number of hydrogen-bond donors (Lipinski definition) is 1. The molecule has 0 spiro atoms. The Morgan fingerprint density at radius 1 is 0.587 bits per heavy atom. The molecule has 0 bridgehead atoms. The van der Waals surface area contributed by atoms with E-state index in [0.29, 0.717) is 18.8 Å². The number of carboxylic acid groups (broad SMARTS) is 1.